The van der Waals surface area contributed by atoms with Crippen LogP contribution in [0.5, 0.6) is 0 Å². The second-order valence-electron chi connectivity index (χ2n) is 8.41. The van der Waals surface area contributed by atoms with Gasteiger partial charge in [0.15, 0.2) is 0 Å². The van der Waals surface area contributed by atoms with Gasteiger partial charge in [-0.1, -0.05) is 30.3 Å². The molecule has 1 aliphatic rings. The molecular formula is C25H23F6N3OP-. The van der Waals surface area contributed by atoms with Crippen molar-refractivity contribution in [2.75, 3.05) is 23.1 Å². The van der Waals surface area contributed by atoms with Crippen molar-refractivity contribution >= 4 is 19.8 Å². The van der Waals surface area contributed by atoms with Crippen molar-refractivity contribution in [1.29, 1.82) is 0 Å². The van der Waals surface area contributed by atoms with E-state index in [-0.39, 0.29) is 6.04 Å². The standard InChI is InChI=1S/C25H23F6N3OP/c26-24(27,28)19-6-10-21(11-7-19)32-15-14-23-17-34(22-12-8-20(9-13-22)25(29,30)31)36(35)33(23)16-18-4-2-1-3-5-18/h1-13,23,32H,14-17H2/q-1/t23-,36?/m0/s1. The van der Waals surface area contributed by atoms with E-state index in [2.05, 4.69) is 5.32 Å². The minimum atomic E-state index is -4.46. The maximum absolute atomic E-state index is 13.4. The number of halogens is 6. The molecule has 0 bridgehead atoms. The van der Waals surface area contributed by atoms with Gasteiger partial charge in [-0.15, -0.1) is 0 Å². The maximum Gasteiger partial charge on any atom is 0.416 e. The monoisotopic (exact) mass is 526 g/mol. The average molecular weight is 526 g/mol. The molecule has 11 heteroatoms. The topological polar surface area (TPSA) is 41.6 Å². The number of rotatable bonds is 7. The Morgan fingerprint density at radius 1 is 0.806 bits per heavy atom. The summed E-state index contributed by atoms with van der Waals surface area (Å²) in [5.74, 6) is 0. The van der Waals surface area contributed by atoms with Crippen molar-refractivity contribution in [2.24, 2.45) is 0 Å². The van der Waals surface area contributed by atoms with E-state index in [1.165, 1.54) is 24.3 Å². The molecule has 1 saturated heterocycles. The Kier molecular flexibility index (Phi) is 7.78. The molecule has 1 heterocycles. The highest BCUT2D eigenvalue weighted by atomic mass is 31.2. The molecule has 0 radical (unpaired) electrons. The second kappa shape index (κ2) is 10.7. The predicted molar refractivity (Wildman–Crippen MR) is 126 cm³/mol. The van der Waals surface area contributed by atoms with Gasteiger partial charge in [0, 0.05) is 37.1 Å². The molecule has 0 saturated carbocycles. The first-order valence-electron chi connectivity index (χ1n) is 11.2. The summed E-state index contributed by atoms with van der Waals surface area (Å²) in [5, 5.41) is 3.10. The minimum absolute atomic E-state index is 0.196. The maximum atomic E-state index is 13.4. The van der Waals surface area contributed by atoms with E-state index in [9.17, 15) is 31.2 Å². The molecule has 192 valence electrons. The molecule has 0 spiro atoms. The SMILES string of the molecule is [O-]P1N(c2ccc(C(F)(F)F)cc2)C[C@H](CCNc2ccc(C(F)(F)F)cc2)N1Cc1ccccc1. The highest BCUT2D eigenvalue weighted by Gasteiger charge is 2.35. The Morgan fingerprint density at radius 3 is 1.92 bits per heavy atom. The van der Waals surface area contributed by atoms with Gasteiger partial charge >= 0.3 is 12.4 Å². The molecule has 1 N–H and O–H groups in total. The number of hydrogen-bond acceptors (Lipinski definition) is 4. The molecule has 0 amide bonds. The summed E-state index contributed by atoms with van der Waals surface area (Å²) in [6.07, 6.45) is -8.35. The van der Waals surface area contributed by atoms with Crippen LogP contribution in [0.25, 0.3) is 0 Å². The highest BCUT2D eigenvalue weighted by molar-refractivity contribution is 7.49. The Bertz CT molecular complexity index is 1120. The first-order chi connectivity index (χ1) is 17.0. The summed E-state index contributed by atoms with van der Waals surface area (Å²) in [7, 11) is -2.07. The fourth-order valence-corrected chi connectivity index (χ4v) is 5.72. The van der Waals surface area contributed by atoms with Crippen LogP contribution in [0.15, 0.2) is 78.9 Å². The van der Waals surface area contributed by atoms with Crippen LogP contribution >= 0.6 is 8.45 Å². The van der Waals surface area contributed by atoms with Gasteiger partial charge in [0.2, 0.25) is 0 Å². The van der Waals surface area contributed by atoms with Gasteiger partial charge in [-0.05, 0) is 69.0 Å². The molecule has 1 unspecified atom stereocenters. The summed E-state index contributed by atoms with van der Waals surface area (Å²) in [6, 6.07) is 18.5. The van der Waals surface area contributed by atoms with E-state index in [4.69, 9.17) is 0 Å². The van der Waals surface area contributed by atoms with Gasteiger partial charge < -0.3 is 14.9 Å². The van der Waals surface area contributed by atoms with Gasteiger partial charge in [-0.2, -0.15) is 26.3 Å². The molecule has 1 aliphatic heterocycles. The van der Waals surface area contributed by atoms with Gasteiger partial charge in [-0.25, -0.2) is 0 Å². The van der Waals surface area contributed by atoms with Crippen molar-refractivity contribution < 1.29 is 31.2 Å². The van der Waals surface area contributed by atoms with Crippen molar-refractivity contribution in [2.45, 2.75) is 31.4 Å². The third-order valence-electron chi connectivity index (χ3n) is 5.93. The molecule has 3 aromatic carbocycles. The molecule has 4 rings (SSSR count). The van der Waals surface area contributed by atoms with E-state index < -0.39 is 31.9 Å². The summed E-state index contributed by atoms with van der Waals surface area (Å²) in [6.45, 7) is 1.13. The fourth-order valence-electron chi connectivity index (χ4n) is 4.03. The Labute approximate surface area is 206 Å². The number of nitrogens with zero attached hydrogens (tertiary/aromatic N) is 2. The molecule has 3 aromatic rings. The van der Waals surface area contributed by atoms with Crippen molar-refractivity contribution in [3.05, 3.63) is 95.6 Å². The molecule has 0 aliphatic carbocycles. The first-order valence-corrected chi connectivity index (χ1v) is 12.3. The summed E-state index contributed by atoms with van der Waals surface area (Å²) in [5.41, 5.74) is 0.386. The van der Waals surface area contributed by atoms with Crippen LogP contribution in [-0.2, 0) is 18.9 Å². The van der Waals surface area contributed by atoms with Gasteiger partial charge in [0.25, 0.3) is 0 Å². The van der Waals surface area contributed by atoms with E-state index in [0.29, 0.717) is 37.4 Å². The normalized spacial score (nSPS) is 19.0. The zero-order chi connectivity index (χ0) is 25.9. The van der Waals surface area contributed by atoms with Crippen LogP contribution in [0.4, 0.5) is 37.7 Å². The van der Waals surface area contributed by atoms with Crippen LogP contribution in [0, 0.1) is 0 Å². The van der Waals surface area contributed by atoms with Crippen LogP contribution in [0.1, 0.15) is 23.1 Å². The number of anilines is 2. The van der Waals surface area contributed by atoms with E-state index >= 15 is 0 Å². The van der Waals surface area contributed by atoms with E-state index in [0.717, 1.165) is 29.8 Å². The van der Waals surface area contributed by atoms with Gasteiger partial charge in [0.1, 0.15) is 0 Å². The lowest BCUT2D eigenvalue weighted by molar-refractivity contribution is -0.170. The van der Waals surface area contributed by atoms with E-state index in [1.54, 1.807) is 4.67 Å². The molecule has 36 heavy (non-hydrogen) atoms. The zero-order valence-corrected chi connectivity index (χ0v) is 19.8. The molecule has 1 fully saturated rings. The van der Waals surface area contributed by atoms with Crippen molar-refractivity contribution in [3.63, 3.8) is 0 Å². The van der Waals surface area contributed by atoms with Crippen LogP contribution in [-0.4, -0.2) is 23.8 Å². The Hall–Kier alpha value is -2.81. The quantitative estimate of drug-likeness (QED) is 0.282. The third-order valence-corrected chi connectivity index (χ3v) is 7.65. The predicted octanol–water partition coefficient (Wildman–Crippen LogP) is 6.50. The molecule has 0 aromatic heterocycles. The Morgan fingerprint density at radius 2 is 1.36 bits per heavy atom. The van der Waals surface area contributed by atoms with Crippen LogP contribution < -0.4 is 14.9 Å². The number of alkyl halides is 6. The third kappa shape index (κ3) is 6.30. The number of hydrogen-bond donors (Lipinski definition) is 1. The van der Waals surface area contributed by atoms with Crippen LogP contribution in [0.3, 0.4) is 0 Å². The lowest BCUT2D eigenvalue weighted by Gasteiger charge is -2.37. The average Bonchev–Trinajstić information content (AvgIpc) is 3.14. The summed E-state index contributed by atoms with van der Waals surface area (Å²) in [4.78, 5) is 13.4. The van der Waals surface area contributed by atoms with Gasteiger partial charge in [0.05, 0.1) is 11.1 Å². The van der Waals surface area contributed by atoms with Gasteiger partial charge in [-0.3, -0.25) is 4.67 Å². The Balaban J connectivity index is 1.46. The largest absolute Gasteiger partial charge is 0.801 e. The number of nitrogens with one attached hydrogen (secondary N) is 1. The smallest absolute Gasteiger partial charge is 0.416 e. The molecular weight excluding hydrogens is 503 g/mol. The summed E-state index contributed by atoms with van der Waals surface area (Å²) >= 11 is 0. The molecule has 2 atom stereocenters. The van der Waals surface area contributed by atoms with Crippen molar-refractivity contribution in [1.82, 2.24) is 4.67 Å². The lowest BCUT2D eigenvalue weighted by Crippen LogP contribution is -2.31. The highest BCUT2D eigenvalue weighted by Crippen LogP contribution is 2.49. The van der Waals surface area contributed by atoms with Crippen LogP contribution in [0.2, 0.25) is 0 Å². The minimum Gasteiger partial charge on any atom is -0.801 e. The first kappa shape index (κ1) is 26.3. The molecule has 4 nitrogen and oxygen atoms in total. The van der Waals surface area contributed by atoms with Crippen molar-refractivity contribution in [3.8, 4) is 0 Å². The summed E-state index contributed by atoms with van der Waals surface area (Å²) < 4.78 is 80.6. The number of benzene rings is 3. The lowest BCUT2D eigenvalue weighted by atomic mass is 10.1. The second-order valence-corrected chi connectivity index (χ2v) is 9.91. The zero-order valence-electron chi connectivity index (χ0n) is 18.9. The fraction of sp³-hybridized carbons (Fsp3) is 0.280. The van der Waals surface area contributed by atoms with E-state index in [1.807, 2.05) is 35.0 Å².